The molecule has 0 saturated heterocycles. The van der Waals surface area contributed by atoms with Gasteiger partial charge in [-0.2, -0.15) is 18.4 Å². The van der Waals surface area contributed by atoms with Crippen LogP contribution in [0.2, 0.25) is 0 Å². The minimum atomic E-state index is -4.14. The third kappa shape index (κ3) is 2.76. The molecule has 0 N–H and O–H groups in total. The predicted octanol–water partition coefficient (Wildman–Crippen LogP) is 3.19. The summed E-state index contributed by atoms with van der Waals surface area (Å²) in [5, 5.41) is 8.34. The molecule has 13 heavy (non-hydrogen) atoms. The number of hydrogen-bond donors (Lipinski definition) is 0. The van der Waals surface area contributed by atoms with Crippen molar-refractivity contribution < 1.29 is 13.2 Å². The minimum absolute atomic E-state index is 0.132. The lowest BCUT2D eigenvalue weighted by molar-refractivity contribution is -0.163. The standard InChI is InChI=1S/C9H10F3N/c10-9(11,12)8-3-1-2-7(6-8)4-5-13/h6,8H,1-4H2. The second-order valence-corrected chi connectivity index (χ2v) is 3.20. The highest BCUT2D eigenvalue weighted by atomic mass is 19.4. The van der Waals surface area contributed by atoms with Gasteiger partial charge in [0.05, 0.1) is 18.4 Å². The van der Waals surface area contributed by atoms with Crippen molar-refractivity contribution in [1.82, 2.24) is 0 Å². The molecule has 72 valence electrons. The smallest absolute Gasteiger partial charge is 0.198 e. The largest absolute Gasteiger partial charge is 0.395 e. The van der Waals surface area contributed by atoms with Gasteiger partial charge in [0, 0.05) is 0 Å². The molecule has 0 amide bonds. The van der Waals surface area contributed by atoms with Crippen LogP contribution in [0.1, 0.15) is 25.7 Å². The number of rotatable bonds is 1. The molecule has 0 bridgehead atoms. The van der Waals surface area contributed by atoms with Crippen LogP contribution in [0.25, 0.3) is 0 Å². The Balaban J connectivity index is 2.69. The van der Waals surface area contributed by atoms with Gasteiger partial charge < -0.3 is 0 Å². The fourth-order valence-corrected chi connectivity index (χ4v) is 1.51. The Labute approximate surface area is 74.9 Å². The summed E-state index contributed by atoms with van der Waals surface area (Å²) in [5.41, 5.74) is 0.635. The van der Waals surface area contributed by atoms with Gasteiger partial charge in [0.1, 0.15) is 0 Å². The molecule has 0 aromatic carbocycles. The van der Waals surface area contributed by atoms with E-state index in [-0.39, 0.29) is 12.8 Å². The molecule has 0 heterocycles. The van der Waals surface area contributed by atoms with Crippen LogP contribution in [0, 0.1) is 17.2 Å². The van der Waals surface area contributed by atoms with E-state index in [0.717, 1.165) is 0 Å². The molecular formula is C9H10F3N. The summed E-state index contributed by atoms with van der Waals surface area (Å²) in [7, 11) is 0. The predicted molar refractivity (Wildman–Crippen MR) is 41.7 cm³/mol. The summed E-state index contributed by atoms with van der Waals surface area (Å²) in [6.07, 6.45) is -1.45. The third-order valence-corrected chi connectivity index (χ3v) is 2.18. The second-order valence-electron chi connectivity index (χ2n) is 3.20. The zero-order chi connectivity index (χ0) is 9.90. The summed E-state index contributed by atoms with van der Waals surface area (Å²) in [6.45, 7) is 0. The molecule has 0 fully saturated rings. The molecule has 4 heteroatoms. The average Bonchev–Trinajstić information content (AvgIpc) is 2.04. The number of nitriles is 1. The van der Waals surface area contributed by atoms with Crippen molar-refractivity contribution in [3.05, 3.63) is 11.6 Å². The lowest BCUT2D eigenvalue weighted by atomic mass is 9.89. The number of halogens is 3. The Hall–Kier alpha value is -0.980. The molecule has 0 saturated carbocycles. The van der Waals surface area contributed by atoms with Crippen LogP contribution in [-0.2, 0) is 0 Å². The zero-order valence-corrected chi connectivity index (χ0v) is 7.06. The molecule has 1 rings (SSSR count). The summed E-state index contributed by atoms with van der Waals surface area (Å²) in [6, 6.07) is 1.87. The lowest BCUT2D eigenvalue weighted by Gasteiger charge is -2.22. The summed E-state index contributed by atoms with van der Waals surface area (Å²) >= 11 is 0. The van der Waals surface area contributed by atoms with Crippen LogP contribution < -0.4 is 0 Å². The Morgan fingerprint density at radius 2 is 2.23 bits per heavy atom. The van der Waals surface area contributed by atoms with E-state index in [4.69, 9.17) is 5.26 Å². The fraction of sp³-hybridized carbons (Fsp3) is 0.667. The van der Waals surface area contributed by atoms with E-state index < -0.39 is 12.1 Å². The fourth-order valence-electron chi connectivity index (χ4n) is 1.51. The highest BCUT2D eigenvalue weighted by Gasteiger charge is 2.38. The van der Waals surface area contributed by atoms with Crippen molar-refractivity contribution in [2.45, 2.75) is 31.9 Å². The quantitative estimate of drug-likeness (QED) is 0.581. The molecule has 0 radical (unpaired) electrons. The molecule has 1 atom stereocenters. The topological polar surface area (TPSA) is 23.8 Å². The van der Waals surface area contributed by atoms with Crippen LogP contribution in [0.15, 0.2) is 11.6 Å². The SMILES string of the molecule is N#CCC1=CC(C(F)(F)F)CCC1. The minimum Gasteiger partial charge on any atom is -0.198 e. The highest BCUT2D eigenvalue weighted by Crippen LogP contribution is 2.36. The van der Waals surface area contributed by atoms with Crippen molar-refractivity contribution in [3.63, 3.8) is 0 Å². The molecule has 1 aliphatic carbocycles. The Morgan fingerprint density at radius 3 is 2.77 bits per heavy atom. The first kappa shape index (κ1) is 10.1. The Kier molecular flexibility index (Phi) is 2.97. The van der Waals surface area contributed by atoms with E-state index in [2.05, 4.69) is 0 Å². The second kappa shape index (κ2) is 3.82. The zero-order valence-electron chi connectivity index (χ0n) is 7.06. The van der Waals surface area contributed by atoms with E-state index in [1.807, 2.05) is 6.07 Å². The van der Waals surface area contributed by atoms with Crippen LogP contribution >= 0.6 is 0 Å². The molecule has 0 aromatic rings. The average molecular weight is 189 g/mol. The monoisotopic (exact) mass is 189 g/mol. The van der Waals surface area contributed by atoms with Crippen molar-refractivity contribution >= 4 is 0 Å². The molecule has 1 aliphatic rings. The third-order valence-electron chi connectivity index (χ3n) is 2.18. The van der Waals surface area contributed by atoms with Crippen molar-refractivity contribution in [2.75, 3.05) is 0 Å². The molecule has 0 aliphatic heterocycles. The molecule has 1 unspecified atom stereocenters. The van der Waals surface area contributed by atoms with Gasteiger partial charge in [-0.3, -0.25) is 0 Å². The molecule has 0 spiro atoms. The maximum Gasteiger partial charge on any atom is 0.395 e. The number of allylic oxidation sites excluding steroid dienone is 2. The molecule has 1 nitrogen and oxygen atoms in total. The lowest BCUT2D eigenvalue weighted by Crippen LogP contribution is -2.23. The summed E-state index contributed by atoms with van der Waals surface area (Å²) < 4.78 is 36.7. The van der Waals surface area contributed by atoms with Crippen LogP contribution in [0.5, 0.6) is 0 Å². The number of alkyl halides is 3. The highest BCUT2D eigenvalue weighted by molar-refractivity contribution is 5.13. The van der Waals surface area contributed by atoms with Crippen molar-refractivity contribution in [2.24, 2.45) is 5.92 Å². The van der Waals surface area contributed by atoms with E-state index in [9.17, 15) is 13.2 Å². The molecule has 0 aromatic heterocycles. The van der Waals surface area contributed by atoms with Crippen molar-refractivity contribution in [1.29, 1.82) is 5.26 Å². The van der Waals surface area contributed by atoms with Crippen LogP contribution in [0.4, 0.5) is 13.2 Å². The summed E-state index contributed by atoms with van der Waals surface area (Å²) in [5.74, 6) is -1.33. The van der Waals surface area contributed by atoms with E-state index in [1.165, 1.54) is 6.08 Å². The van der Waals surface area contributed by atoms with Gasteiger partial charge in [0.2, 0.25) is 0 Å². The van der Waals surface area contributed by atoms with Crippen LogP contribution in [-0.4, -0.2) is 6.18 Å². The Morgan fingerprint density at radius 1 is 1.54 bits per heavy atom. The maximum atomic E-state index is 12.2. The Bertz CT molecular complexity index is 247. The van der Waals surface area contributed by atoms with Crippen molar-refractivity contribution in [3.8, 4) is 6.07 Å². The van der Waals surface area contributed by atoms with Gasteiger partial charge in [0.25, 0.3) is 0 Å². The van der Waals surface area contributed by atoms with Gasteiger partial charge in [0.15, 0.2) is 0 Å². The first-order valence-electron chi connectivity index (χ1n) is 4.17. The van der Waals surface area contributed by atoms with E-state index in [1.54, 1.807) is 0 Å². The first-order chi connectivity index (χ1) is 6.04. The normalized spacial score (nSPS) is 23.5. The maximum absolute atomic E-state index is 12.2. The van der Waals surface area contributed by atoms with Gasteiger partial charge in [-0.25, -0.2) is 0 Å². The first-order valence-corrected chi connectivity index (χ1v) is 4.17. The van der Waals surface area contributed by atoms with Crippen LogP contribution in [0.3, 0.4) is 0 Å². The van der Waals surface area contributed by atoms with Gasteiger partial charge in [-0.1, -0.05) is 11.6 Å². The van der Waals surface area contributed by atoms with Gasteiger partial charge >= 0.3 is 6.18 Å². The van der Waals surface area contributed by atoms with Gasteiger partial charge in [-0.05, 0) is 19.3 Å². The summed E-state index contributed by atoms with van der Waals surface area (Å²) in [4.78, 5) is 0. The number of hydrogen-bond acceptors (Lipinski definition) is 1. The van der Waals surface area contributed by atoms with Gasteiger partial charge in [-0.15, -0.1) is 0 Å². The molecular weight excluding hydrogens is 179 g/mol. The van der Waals surface area contributed by atoms with E-state index in [0.29, 0.717) is 18.4 Å². The number of nitrogens with zero attached hydrogens (tertiary/aromatic N) is 1. The van der Waals surface area contributed by atoms with E-state index >= 15 is 0 Å².